The number of aromatic nitrogens is 2. The first-order valence-corrected chi connectivity index (χ1v) is 9.67. The van der Waals surface area contributed by atoms with Gasteiger partial charge >= 0.3 is 0 Å². The fraction of sp³-hybridized carbons (Fsp3) is 0.500. The predicted octanol–water partition coefficient (Wildman–Crippen LogP) is 2.99. The fourth-order valence-corrected chi connectivity index (χ4v) is 4.63. The van der Waals surface area contributed by atoms with Crippen molar-refractivity contribution in [2.24, 2.45) is 0 Å². The molecule has 23 heavy (non-hydrogen) atoms. The second-order valence-electron chi connectivity index (χ2n) is 5.38. The number of carbonyl (C=O) groups excluding carboxylic acids is 1. The van der Waals surface area contributed by atoms with Crippen molar-refractivity contribution in [3.05, 3.63) is 35.5 Å². The minimum Gasteiger partial charge on any atom is -0.374 e. The van der Waals surface area contributed by atoms with Gasteiger partial charge in [0.1, 0.15) is 0 Å². The zero-order chi connectivity index (χ0) is 16.1. The SMILES string of the molecule is CCSc1ccc(C(=O)N2CCCO[C@@H](Cn3cccn3)C2)s1. The molecule has 1 fully saturated rings. The predicted molar refractivity (Wildman–Crippen MR) is 93.2 cm³/mol. The normalized spacial score (nSPS) is 18.8. The van der Waals surface area contributed by atoms with E-state index in [1.54, 1.807) is 29.3 Å². The highest BCUT2D eigenvalue weighted by Crippen LogP contribution is 2.28. The first kappa shape index (κ1) is 16.5. The van der Waals surface area contributed by atoms with Gasteiger partial charge in [-0.25, -0.2) is 0 Å². The molecule has 0 N–H and O–H groups in total. The van der Waals surface area contributed by atoms with Crippen LogP contribution in [0.1, 0.15) is 23.0 Å². The largest absolute Gasteiger partial charge is 0.374 e. The summed E-state index contributed by atoms with van der Waals surface area (Å²) >= 11 is 3.37. The van der Waals surface area contributed by atoms with Crippen LogP contribution in [0.5, 0.6) is 0 Å². The summed E-state index contributed by atoms with van der Waals surface area (Å²) in [6, 6.07) is 5.89. The lowest BCUT2D eigenvalue weighted by molar-refractivity contribution is 0.0368. The summed E-state index contributed by atoms with van der Waals surface area (Å²) in [5.41, 5.74) is 0. The second-order valence-corrected chi connectivity index (χ2v) is 8.03. The van der Waals surface area contributed by atoms with Crippen LogP contribution in [0.4, 0.5) is 0 Å². The number of rotatable bonds is 5. The number of thiophene rings is 1. The maximum absolute atomic E-state index is 12.8. The van der Waals surface area contributed by atoms with E-state index >= 15 is 0 Å². The van der Waals surface area contributed by atoms with Gasteiger partial charge in [-0.2, -0.15) is 5.10 Å². The molecule has 0 saturated carbocycles. The lowest BCUT2D eigenvalue weighted by atomic mass is 10.3. The summed E-state index contributed by atoms with van der Waals surface area (Å²) in [5, 5.41) is 4.23. The Balaban J connectivity index is 1.65. The minimum absolute atomic E-state index is 0.00852. The first-order chi connectivity index (χ1) is 11.3. The van der Waals surface area contributed by atoms with Crippen LogP contribution >= 0.6 is 23.1 Å². The van der Waals surface area contributed by atoms with Crippen molar-refractivity contribution in [3.8, 4) is 0 Å². The molecule has 1 aliphatic heterocycles. The van der Waals surface area contributed by atoms with Gasteiger partial charge in [-0.05, 0) is 30.4 Å². The smallest absolute Gasteiger partial charge is 0.264 e. The molecular formula is C16H21N3O2S2. The minimum atomic E-state index is -0.00852. The van der Waals surface area contributed by atoms with Crippen molar-refractivity contribution >= 4 is 29.0 Å². The summed E-state index contributed by atoms with van der Waals surface area (Å²) in [6.07, 6.45) is 4.56. The van der Waals surface area contributed by atoms with E-state index in [4.69, 9.17) is 4.74 Å². The van der Waals surface area contributed by atoms with E-state index in [-0.39, 0.29) is 12.0 Å². The zero-order valence-electron chi connectivity index (χ0n) is 13.2. The van der Waals surface area contributed by atoms with E-state index < -0.39 is 0 Å². The van der Waals surface area contributed by atoms with Crippen molar-refractivity contribution in [1.29, 1.82) is 0 Å². The van der Waals surface area contributed by atoms with Gasteiger partial charge in [0.25, 0.3) is 5.91 Å². The Morgan fingerprint density at radius 1 is 1.52 bits per heavy atom. The van der Waals surface area contributed by atoms with Crippen LogP contribution in [0.2, 0.25) is 0 Å². The Kier molecular flexibility index (Phi) is 5.75. The summed E-state index contributed by atoms with van der Waals surface area (Å²) in [6.45, 7) is 4.86. The lowest BCUT2D eigenvalue weighted by Crippen LogP contribution is -2.38. The molecular weight excluding hydrogens is 330 g/mol. The molecule has 7 heteroatoms. The number of hydrogen-bond acceptors (Lipinski definition) is 5. The van der Waals surface area contributed by atoms with E-state index in [2.05, 4.69) is 12.0 Å². The van der Waals surface area contributed by atoms with Gasteiger partial charge in [-0.3, -0.25) is 9.48 Å². The number of nitrogens with zero attached hydrogens (tertiary/aromatic N) is 3. The molecule has 0 aromatic carbocycles. The molecule has 1 amide bonds. The van der Waals surface area contributed by atoms with Gasteiger partial charge in [0.05, 0.1) is 21.7 Å². The summed E-state index contributed by atoms with van der Waals surface area (Å²) in [4.78, 5) is 15.5. The second kappa shape index (κ2) is 7.99. The van der Waals surface area contributed by atoms with Crippen LogP contribution in [-0.4, -0.2) is 52.1 Å². The summed E-state index contributed by atoms with van der Waals surface area (Å²) < 4.78 is 8.95. The van der Waals surface area contributed by atoms with E-state index in [1.165, 1.54) is 4.21 Å². The van der Waals surface area contributed by atoms with Gasteiger partial charge in [0, 0.05) is 32.1 Å². The lowest BCUT2D eigenvalue weighted by Gasteiger charge is -2.23. The highest BCUT2D eigenvalue weighted by atomic mass is 32.2. The molecule has 1 atom stereocenters. The van der Waals surface area contributed by atoms with Crippen LogP contribution in [0.15, 0.2) is 34.8 Å². The number of hydrogen-bond donors (Lipinski definition) is 0. The third-order valence-corrected chi connectivity index (χ3v) is 5.85. The van der Waals surface area contributed by atoms with Gasteiger partial charge < -0.3 is 9.64 Å². The van der Waals surface area contributed by atoms with Crippen LogP contribution < -0.4 is 0 Å². The van der Waals surface area contributed by atoms with Crippen molar-refractivity contribution in [3.63, 3.8) is 0 Å². The van der Waals surface area contributed by atoms with E-state index in [1.807, 2.05) is 34.0 Å². The number of thioether (sulfide) groups is 1. The summed E-state index contributed by atoms with van der Waals surface area (Å²) in [7, 11) is 0. The highest BCUT2D eigenvalue weighted by Gasteiger charge is 2.24. The molecule has 124 valence electrons. The van der Waals surface area contributed by atoms with E-state index in [0.717, 1.165) is 23.6 Å². The Bertz CT molecular complexity index is 627. The number of amides is 1. The molecule has 5 nitrogen and oxygen atoms in total. The van der Waals surface area contributed by atoms with Crippen LogP contribution in [0.3, 0.4) is 0 Å². The van der Waals surface area contributed by atoms with Gasteiger partial charge in [-0.1, -0.05) is 6.92 Å². The van der Waals surface area contributed by atoms with Crippen LogP contribution in [0.25, 0.3) is 0 Å². The molecule has 2 aromatic rings. The average molecular weight is 351 g/mol. The third kappa shape index (κ3) is 4.37. The molecule has 3 heterocycles. The molecule has 3 rings (SSSR count). The van der Waals surface area contributed by atoms with Crippen molar-refractivity contribution in [2.75, 3.05) is 25.4 Å². The quantitative estimate of drug-likeness (QED) is 0.777. The molecule has 0 bridgehead atoms. The molecule has 1 aliphatic rings. The molecule has 0 aliphatic carbocycles. The Morgan fingerprint density at radius 3 is 3.22 bits per heavy atom. The van der Waals surface area contributed by atoms with E-state index in [9.17, 15) is 4.79 Å². The van der Waals surface area contributed by atoms with Crippen LogP contribution in [-0.2, 0) is 11.3 Å². The summed E-state index contributed by atoms with van der Waals surface area (Å²) in [5.74, 6) is 1.14. The van der Waals surface area contributed by atoms with Crippen molar-refractivity contribution < 1.29 is 9.53 Å². The van der Waals surface area contributed by atoms with Gasteiger partial charge in [0.2, 0.25) is 0 Å². The van der Waals surface area contributed by atoms with Gasteiger partial charge in [-0.15, -0.1) is 23.1 Å². The van der Waals surface area contributed by atoms with Gasteiger partial charge in [0.15, 0.2) is 0 Å². The third-order valence-electron chi connectivity index (χ3n) is 3.67. The average Bonchev–Trinajstić information content (AvgIpc) is 3.16. The molecule has 0 spiro atoms. The molecule has 2 aromatic heterocycles. The standard InChI is InChI=1S/C16H21N3O2S2/c1-2-22-15-6-5-14(23-15)16(20)18-8-4-10-21-13(11-18)12-19-9-3-7-17-19/h3,5-7,9,13H,2,4,8,10-12H2,1H3/t13-/m1/s1. The Morgan fingerprint density at radius 2 is 2.43 bits per heavy atom. The maximum atomic E-state index is 12.8. The topological polar surface area (TPSA) is 47.4 Å². The molecule has 0 radical (unpaired) electrons. The van der Waals surface area contributed by atoms with Crippen LogP contribution in [0, 0.1) is 0 Å². The number of ether oxygens (including phenoxy) is 1. The highest BCUT2D eigenvalue weighted by molar-refractivity contribution is 8.01. The maximum Gasteiger partial charge on any atom is 0.264 e. The Hall–Kier alpha value is -1.31. The van der Waals surface area contributed by atoms with Crippen molar-refractivity contribution in [1.82, 2.24) is 14.7 Å². The number of carbonyl (C=O) groups is 1. The molecule has 1 saturated heterocycles. The van der Waals surface area contributed by atoms with Crippen molar-refractivity contribution in [2.45, 2.75) is 30.2 Å². The molecule has 0 unspecified atom stereocenters. The van der Waals surface area contributed by atoms with E-state index in [0.29, 0.717) is 19.7 Å². The Labute approximate surface area is 144 Å². The fourth-order valence-electron chi connectivity index (χ4n) is 2.62. The zero-order valence-corrected chi connectivity index (χ0v) is 14.8. The monoisotopic (exact) mass is 351 g/mol. The first-order valence-electron chi connectivity index (χ1n) is 7.87.